The molecule has 0 heterocycles. The van der Waals surface area contributed by atoms with Gasteiger partial charge in [0.1, 0.15) is 60.6 Å². The predicted octanol–water partition coefficient (Wildman–Crippen LogP) is 14.7. The van der Waals surface area contributed by atoms with Gasteiger partial charge in [0.05, 0.1) is 0 Å². The summed E-state index contributed by atoms with van der Waals surface area (Å²) in [5, 5.41) is 10.0. The second-order valence-corrected chi connectivity index (χ2v) is 27.6. The average molecular weight is 1110 g/mol. The summed E-state index contributed by atoms with van der Waals surface area (Å²) in [6.45, 7) is 1.90. The number of nitrogens with zero attached hydrogens (tertiary/aromatic N) is 1. The monoisotopic (exact) mass is 1110 g/mol. The molecule has 0 aliphatic rings. The van der Waals surface area contributed by atoms with Gasteiger partial charge in [0.2, 0.25) is 6.54 Å². The van der Waals surface area contributed by atoms with E-state index in [1.807, 2.05) is 0 Å². The second kappa shape index (κ2) is 29.0. The van der Waals surface area contributed by atoms with Crippen LogP contribution in [0.5, 0.6) is 0 Å². The van der Waals surface area contributed by atoms with Crippen LogP contribution >= 0.6 is 0 Å². The van der Waals surface area contributed by atoms with E-state index in [4.69, 9.17) is 8.37 Å². The van der Waals surface area contributed by atoms with Crippen molar-refractivity contribution in [3.05, 3.63) is 10.1 Å². The Kier molecular flexibility index (Phi) is 32.8. The quantitative estimate of drug-likeness (QED) is 0.0187. The molecule has 0 spiro atoms. The minimum atomic E-state index is -11.2. The molecule has 0 unspecified atom stereocenters. The SMILES string of the molecule is C[S+](C)OCCCCCCCCCCCCCCCCCCC(F)(F)F.C[S+](C)OCCCCCCCC[N+](=O)[O-].[F][Sb-]([F])([F])([F])([F])[F].[F][Sb-]([F])([F])([F])([F])[F]. The molecule has 344 valence electrons. The normalized spacial score (nSPS) is 14.6. The Hall–Kier alpha value is 0.606. The van der Waals surface area contributed by atoms with Crippen molar-refractivity contribution in [3.8, 4) is 0 Å². The first-order valence-corrected chi connectivity index (χ1v) is 33.7. The molecule has 55 heavy (non-hydrogen) atoms. The van der Waals surface area contributed by atoms with Crippen molar-refractivity contribution in [1.82, 2.24) is 0 Å². The number of hydrogen-bond acceptors (Lipinski definition) is 4. The van der Waals surface area contributed by atoms with Crippen molar-refractivity contribution in [1.29, 1.82) is 0 Å². The zero-order chi connectivity index (χ0) is 43.8. The number of hydrogen-bond donors (Lipinski definition) is 0. The first kappa shape index (κ1) is 62.3. The second-order valence-electron chi connectivity index (χ2n) is 13.2. The van der Waals surface area contributed by atoms with Gasteiger partial charge in [0.25, 0.3) is 0 Å². The Morgan fingerprint density at radius 2 is 0.636 bits per heavy atom. The summed E-state index contributed by atoms with van der Waals surface area (Å²) in [6, 6.07) is 0. The third-order valence-electron chi connectivity index (χ3n) is 6.73. The Morgan fingerprint density at radius 3 is 0.836 bits per heavy atom. The molecule has 0 atom stereocenters. The molecule has 0 aromatic heterocycles. The summed E-state index contributed by atoms with van der Waals surface area (Å²) in [4.78, 5) is 9.79. The van der Waals surface area contributed by atoms with Gasteiger partial charge in [-0.3, -0.25) is 10.1 Å². The third kappa shape index (κ3) is 119. The zero-order valence-electron chi connectivity index (χ0n) is 32.3. The van der Waals surface area contributed by atoms with E-state index in [0.717, 1.165) is 58.2 Å². The van der Waals surface area contributed by atoms with Crippen molar-refractivity contribution < 1.29 is 60.2 Å². The summed E-state index contributed by atoms with van der Waals surface area (Å²) < 4.78 is 166. The molecule has 0 aliphatic heterocycles. The molecule has 0 N–H and O–H groups in total. The number of rotatable bonds is 29. The van der Waals surface area contributed by atoms with E-state index >= 15 is 0 Å². The zero-order valence-corrected chi connectivity index (χ0v) is 39.1. The summed E-state index contributed by atoms with van der Waals surface area (Å²) in [5.41, 5.74) is 0. The van der Waals surface area contributed by atoms with Crippen molar-refractivity contribution in [2.75, 3.05) is 44.8 Å². The summed E-state index contributed by atoms with van der Waals surface area (Å²) in [6.07, 6.45) is 28.8. The maximum absolute atomic E-state index is 12.0. The van der Waals surface area contributed by atoms with Crippen LogP contribution in [0.3, 0.4) is 0 Å². The van der Waals surface area contributed by atoms with E-state index in [1.165, 1.54) is 89.9 Å². The first-order chi connectivity index (χ1) is 24.4. The van der Waals surface area contributed by atoms with E-state index < -0.39 is 51.5 Å². The summed E-state index contributed by atoms with van der Waals surface area (Å²) in [5.74, 6) is 0. The van der Waals surface area contributed by atoms with Gasteiger partial charge in [-0.15, -0.1) is 0 Å². The van der Waals surface area contributed by atoms with Gasteiger partial charge in [0, 0.05) is 17.8 Å². The molecular weight excluding hydrogens is 1040 g/mol. The van der Waals surface area contributed by atoms with E-state index in [-0.39, 0.29) is 33.8 Å². The van der Waals surface area contributed by atoms with Crippen molar-refractivity contribution in [2.24, 2.45) is 0 Å². The Bertz CT molecular complexity index is 879. The molecule has 0 bridgehead atoms. The van der Waals surface area contributed by atoms with Gasteiger partial charge >= 0.3 is 78.9 Å². The Morgan fingerprint density at radius 1 is 0.436 bits per heavy atom. The van der Waals surface area contributed by atoms with Crippen molar-refractivity contribution in [2.45, 2.75) is 154 Å². The number of unbranched alkanes of at least 4 members (excludes halogenated alkanes) is 20. The maximum atomic E-state index is 12.0. The van der Waals surface area contributed by atoms with Gasteiger partial charge in [-0.2, -0.15) is 21.5 Å². The van der Waals surface area contributed by atoms with Crippen LogP contribution in [0.2, 0.25) is 0 Å². The van der Waals surface area contributed by atoms with E-state index in [9.17, 15) is 57.0 Å². The van der Waals surface area contributed by atoms with Crippen LogP contribution in [0.4, 0.5) is 46.9 Å². The molecule has 5 nitrogen and oxygen atoms in total. The standard InChI is InChI=1S/C21H42F3OS.C10H22NO3S.12FH.2Sb/c1-26(2)25-20-18-16-14-12-10-8-6-4-3-5-7-9-11-13-15-17-19-21(22,23)24;1-15(2)14-10-8-6-4-3-5-7-9-11(12)13;;;;;;;;;;;;;;/h3-20H2,1-2H3;3-10H2,1-2H3;12*1H;;/q2*+1;;;;;;;;;;;;;2*+5/p-12. The molecule has 0 aromatic carbocycles. The first-order valence-electron chi connectivity index (χ1n) is 18.2. The van der Waals surface area contributed by atoms with Crippen LogP contribution in [-0.4, -0.2) is 94.8 Å². The molecule has 0 saturated heterocycles. The molecule has 0 aliphatic carbocycles. The molecule has 0 fully saturated rings. The summed E-state index contributed by atoms with van der Waals surface area (Å²) in [7, 11) is 0. The van der Waals surface area contributed by atoms with Crippen LogP contribution in [-0.2, 0) is 30.7 Å². The molecular formula is C31H64F15NO4S2Sb2. The van der Waals surface area contributed by atoms with Gasteiger partial charge < -0.3 is 0 Å². The average Bonchev–Trinajstić information content (AvgIpc) is 2.93. The number of nitro groups is 1. The minimum absolute atomic E-state index is 0.0939. The van der Waals surface area contributed by atoms with Gasteiger partial charge in [-0.05, 0) is 25.7 Å². The van der Waals surface area contributed by atoms with E-state index in [0.29, 0.717) is 6.42 Å². The predicted molar refractivity (Wildman–Crippen MR) is 199 cm³/mol. The van der Waals surface area contributed by atoms with Crippen LogP contribution in [0.1, 0.15) is 148 Å². The van der Waals surface area contributed by atoms with Crippen molar-refractivity contribution in [3.63, 3.8) is 0 Å². The molecule has 0 radical (unpaired) electrons. The molecule has 0 amide bonds. The van der Waals surface area contributed by atoms with Crippen molar-refractivity contribution >= 4 is 61.3 Å². The fourth-order valence-electron chi connectivity index (χ4n) is 4.40. The van der Waals surface area contributed by atoms with Gasteiger partial charge in [-0.25, -0.2) is 0 Å². The summed E-state index contributed by atoms with van der Waals surface area (Å²) >= 11 is -22.3. The Labute approximate surface area is 328 Å². The van der Waals surface area contributed by atoms with Crippen LogP contribution in [0.25, 0.3) is 0 Å². The molecule has 0 rings (SSSR count). The van der Waals surface area contributed by atoms with Gasteiger partial charge in [0.15, 0.2) is 0 Å². The van der Waals surface area contributed by atoms with E-state index in [1.54, 1.807) is 0 Å². The Balaban J connectivity index is -0.000000373. The van der Waals surface area contributed by atoms with Crippen LogP contribution < -0.4 is 0 Å². The number of halogens is 15. The van der Waals surface area contributed by atoms with Gasteiger partial charge in [-0.1, -0.05) is 109 Å². The fraction of sp³-hybridized carbons (Fsp3) is 1.00. The fourth-order valence-corrected chi connectivity index (χ4v) is 5.31. The molecule has 24 heteroatoms. The molecule has 0 saturated carbocycles. The topological polar surface area (TPSA) is 61.6 Å². The van der Waals surface area contributed by atoms with E-state index in [2.05, 4.69) is 25.0 Å². The third-order valence-corrected chi connectivity index (χ3v) is 8.00. The molecule has 0 aromatic rings. The van der Waals surface area contributed by atoms with Crippen LogP contribution in [0, 0.1) is 10.1 Å². The number of alkyl halides is 3. The van der Waals surface area contributed by atoms with Crippen LogP contribution in [0.15, 0.2) is 0 Å².